The van der Waals surface area contributed by atoms with E-state index in [2.05, 4.69) is 48.3 Å². The predicted molar refractivity (Wildman–Crippen MR) is 150 cm³/mol. The minimum absolute atomic E-state index is 0.0125. The zero-order chi connectivity index (χ0) is 27.6. The summed E-state index contributed by atoms with van der Waals surface area (Å²) in [4.78, 5) is 31.3. The number of ether oxygens (including phenoxy) is 1. The molecule has 2 aliphatic heterocycles. The molecule has 202 valence electrons. The van der Waals surface area contributed by atoms with Gasteiger partial charge in [-0.05, 0) is 69.7 Å². The third-order valence-electron chi connectivity index (χ3n) is 7.46. The highest BCUT2D eigenvalue weighted by atomic mass is 16.6. The van der Waals surface area contributed by atoms with Gasteiger partial charge in [0.25, 0.3) is 0 Å². The quantitative estimate of drug-likeness (QED) is 0.572. The molecule has 0 aromatic heterocycles. The van der Waals surface area contributed by atoms with Gasteiger partial charge in [0.05, 0.1) is 17.7 Å². The number of carbonyl (C=O) groups is 2. The molecule has 3 atom stereocenters. The van der Waals surface area contributed by atoms with Crippen LogP contribution in [-0.2, 0) is 9.53 Å². The van der Waals surface area contributed by atoms with Crippen LogP contribution in [-0.4, -0.2) is 54.7 Å². The van der Waals surface area contributed by atoms with Crippen LogP contribution in [0.25, 0.3) is 0 Å². The maximum Gasteiger partial charge on any atom is 0.410 e. The zero-order valence-electron chi connectivity index (χ0n) is 23.3. The molecule has 2 unspecified atom stereocenters. The third kappa shape index (κ3) is 5.72. The van der Waals surface area contributed by atoms with E-state index in [9.17, 15) is 14.9 Å². The highest BCUT2D eigenvalue weighted by Gasteiger charge is 2.40. The molecular formula is C30H39N5O3. The average Bonchev–Trinajstić information content (AvgIpc) is 2.89. The standard InChI is InChI=1S/C30H39N5O3/c1-7-26-20(2)28(32-23-10-8-22(19-31)9-11-23)25-18-24(12-13-27(25)35(26)21(3)36)33-14-16-34(17-15-33)29(37)38-30(4,5)6/h8-13,18,20,26,28,32H,7,14-17H2,1-6H3/t20?,26-,28?/m0/s1. The number of hydrogen-bond acceptors (Lipinski definition) is 6. The number of benzene rings is 2. The van der Waals surface area contributed by atoms with Crippen LogP contribution in [0.5, 0.6) is 0 Å². The molecule has 0 aliphatic carbocycles. The topological polar surface area (TPSA) is 88.9 Å². The Labute approximate surface area is 226 Å². The number of nitrogens with zero attached hydrogens (tertiary/aromatic N) is 4. The molecule has 8 nitrogen and oxygen atoms in total. The minimum Gasteiger partial charge on any atom is -0.444 e. The smallest absolute Gasteiger partial charge is 0.410 e. The van der Waals surface area contributed by atoms with E-state index in [1.165, 1.54) is 0 Å². The van der Waals surface area contributed by atoms with E-state index in [1.54, 1.807) is 11.8 Å². The lowest BCUT2D eigenvalue weighted by atomic mass is 9.80. The zero-order valence-corrected chi connectivity index (χ0v) is 23.3. The van der Waals surface area contributed by atoms with E-state index in [0.29, 0.717) is 31.7 Å². The highest BCUT2D eigenvalue weighted by molar-refractivity contribution is 5.94. The number of nitrogens with one attached hydrogen (secondary N) is 1. The van der Waals surface area contributed by atoms with Gasteiger partial charge in [0, 0.05) is 67.7 Å². The normalized spacial score (nSPS) is 21.4. The van der Waals surface area contributed by atoms with E-state index in [0.717, 1.165) is 29.0 Å². The molecule has 0 saturated carbocycles. The summed E-state index contributed by atoms with van der Waals surface area (Å²) in [5, 5.41) is 12.9. The number of fused-ring (bicyclic) bond motifs is 1. The molecule has 4 rings (SSSR count). The summed E-state index contributed by atoms with van der Waals surface area (Å²) in [6.07, 6.45) is 0.575. The van der Waals surface area contributed by atoms with Crippen molar-refractivity contribution in [1.29, 1.82) is 5.26 Å². The molecule has 0 radical (unpaired) electrons. The molecule has 0 bridgehead atoms. The van der Waals surface area contributed by atoms with Gasteiger partial charge in [0.2, 0.25) is 5.91 Å². The fourth-order valence-corrected chi connectivity index (χ4v) is 5.59. The van der Waals surface area contributed by atoms with Gasteiger partial charge in [-0.25, -0.2) is 4.79 Å². The highest BCUT2D eigenvalue weighted by Crippen LogP contribution is 2.45. The van der Waals surface area contributed by atoms with Crippen molar-refractivity contribution in [3.05, 3.63) is 53.6 Å². The minimum atomic E-state index is -0.515. The molecule has 2 heterocycles. The SMILES string of the molecule is CC[C@H]1C(C)C(Nc2ccc(C#N)cc2)c2cc(N3CCN(C(=O)OC(C)(C)C)CC3)ccc2N1C(C)=O. The van der Waals surface area contributed by atoms with E-state index in [1.807, 2.05) is 49.9 Å². The Balaban J connectivity index is 1.62. The van der Waals surface area contributed by atoms with Crippen molar-refractivity contribution in [1.82, 2.24) is 4.90 Å². The number of carbonyl (C=O) groups excluding carboxylic acids is 2. The first-order valence-corrected chi connectivity index (χ1v) is 13.5. The lowest BCUT2D eigenvalue weighted by Crippen LogP contribution is -2.51. The Hall–Kier alpha value is -3.73. The van der Waals surface area contributed by atoms with Crippen LogP contribution in [0.15, 0.2) is 42.5 Å². The van der Waals surface area contributed by atoms with Crippen molar-refractivity contribution in [3.63, 3.8) is 0 Å². The largest absolute Gasteiger partial charge is 0.444 e. The third-order valence-corrected chi connectivity index (χ3v) is 7.46. The summed E-state index contributed by atoms with van der Waals surface area (Å²) in [6, 6.07) is 16.1. The summed E-state index contributed by atoms with van der Waals surface area (Å²) >= 11 is 0. The fraction of sp³-hybridized carbons (Fsp3) is 0.500. The number of anilines is 3. The Morgan fingerprint density at radius 3 is 2.29 bits per heavy atom. The molecule has 38 heavy (non-hydrogen) atoms. The summed E-state index contributed by atoms with van der Waals surface area (Å²) < 4.78 is 5.55. The number of rotatable bonds is 4. The van der Waals surface area contributed by atoms with Gasteiger partial charge in [-0.2, -0.15) is 5.26 Å². The number of hydrogen-bond donors (Lipinski definition) is 1. The maximum absolute atomic E-state index is 12.8. The molecule has 2 aromatic carbocycles. The Morgan fingerprint density at radius 2 is 1.74 bits per heavy atom. The van der Waals surface area contributed by atoms with Crippen LogP contribution in [0, 0.1) is 17.2 Å². The van der Waals surface area contributed by atoms with Gasteiger partial charge in [-0.3, -0.25) is 4.79 Å². The Morgan fingerprint density at radius 1 is 1.08 bits per heavy atom. The fourth-order valence-electron chi connectivity index (χ4n) is 5.59. The van der Waals surface area contributed by atoms with Gasteiger partial charge < -0.3 is 24.8 Å². The van der Waals surface area contributed by atoms with Crippen molar-refractivity contribution in [3.8, 4) is 6.07 Å². The first-order chi connectivity index (χ1) is 18.0. The maximum atomic E-state index is 12.8. The number of nitriles is 1. The first-order valence-electron chi connectivity index (χ1n) is 13.5. The molecule has 2 aliphatic rings. The second-order valence-electron chi connectivity index (χ2n) is 11.2. The van der Waals surface area contributed by atoms with Crippen LogP contribution in [0.3, 0.4) is 0 Å². The first kappa shape index (κ1) is 27.3. The predicted octanol–water partition coefficient (Wildman–Crippen LogP) is 5.55. The van der Waals surface area contributed by atoms with Crippen LogP contribution in [0.2, 0.25) is 0 Å². The van der Waals surface area contributed by atoms with Crippen molar-refractivity contribution in [2.45, 2.75) is 65.6 Å². The molecule has 2 amide bonds. The van der Waals surface area contributed by atoms with Gasteiger partial charge in [0.15, 0.2) is 0 Å². The Kier molecular flexibility index (Phi) is 7.86. The van der Waals surface area contributed by atoms with Crippen LogP contribution in [0.4, 0.5) is 21.9 Å². The number of amides is 2. The molecular weight excluding hydrogens is 478 g/mol. The molecule has 0 spiro atoms. The summed E-state index contributed by atoms with van der Waals surface area (Å²) in [6.45, 7) is 14.2. The van der Waals surface area contributed by atoms with E-state index in [-0.39, 0.29) is 30.0 Å². The molecule has 1 saturated heterocycles. The van der Waals surface area contributed by atoms with Crippen LogP contribution >= 0.6 is 0 Å². The van der Waals surface area contributed by atoms with E-state index >= 15 is 0 Å². The van der Waals surface area contributed by atoms with Gasteiger partial charge >= 0.3 is 6.09 Å². The van der Waals surface area contributed by atoms with Gasteiger partial charge in [-0.15, -0.1) is 0 Å². The Bertz CT molecular complexity index is 1210. The van der Waals surface area contributed by atoms with Crippen LogP contribution in [0.1, 0.15) is 65.1 Å². The average molecular weight is 518 g/mol. The van der Waals surface area contributed by atoms with Gasteiger partial charge in [-0.1, -0.05) is 13.8 Å². The van der Waals surface area contributed by atoms with E-state index < -0.39 is 5.60 Å². The van der Waals surface area contributed by atoms with Crippen molar-refractivity contribution in [2.75, 3.05) is 41.3 Å². The van der Waals surface area contributed by atoms with Crippen molar-refractivity contribution in [2.24, 2.45) is 5.92 Å². The molecule has 8 heteroatoms. The molecule has 1 fully saturated rings. The number of piperazine rings is 1. The summed E-state index contributed by atoms with van der Waals surface area (Å²) in [5.41, 5.74) is 4.13. The van der Waals surface area contributed by atoms with Crippen LogP contribution < -0.4 is 15.1 Å². The lowest BCUT2D eigenvalue weighted by Gasteiger charge is -2.46. The second-order valence-corrected chi connectivity index (χ2v) is 11.2. The lowest BCUT2D eigenvalue weighted by molar-refractivity contribution is -0.117. The monoisotopic (exact) mass is 517 g/mol. The second kappa shape index (κ2) is 10.9. The molecule has 2 aromatic rings. The van der Waals surface area contributed by atoms with Crippen molar-refractivity contribution < 1.29 is 14.3 Å². The summed E-state index contributed by atoms with van der Waals surface area (Å²) in [5.74, 6) is 0.201. The van der Waals surface area contributed by atoms with Crippen molar-refractivity contribution >= 4 is 29.1 Å². The van der Waals surface area contributed by atoms with Gasteiger partial charge in [0.1, 0.15) is 5.60 Å². The summed E-state index contributed by atoms with van der Waals surface area (Å²) in [7, 11) is 0. The molecule has 1 N–H and O–H groups in total. The van der Waals surface area contributed by atoms with E-state index in [4.69, 9.17) is 4.74 Å².